The van der Waals surface area contributed by atoms with Crippen LogP contribution >= 0.6 is 0 Å². The Hall–Kier alpha value is -2.09. The second-order valence-electron chi connectivity index (χ2n) is 5.53. The third-order valence-corrected chi connectivity index (χ3v) is 4.38. The van der Waals surface area contributed by atoms with Gasteiger partial charge < -0.3 is 0 Å². The molecule has 1 aromatic rings. The van der Waals surface area contributed by atoms with E-state index in [1.807, 2.05) is 12.4 Å². The lowest BCUT2D eigenvalue weighted by atomic mass is 9.41. The van der Waals surface area contributed by atoms with Gasteiger partial charge in [0.15, 0.2) is 6.71 Å². The Labute approximate surface area is 127 Å². The smallest absolute Gasteiger partial charge is 0.175 e. The van der Waals surface area contributed by atoms with Crippen molar-refractivity contribution >= 4 is 12.2 Å². The molecular weight excluding hydrogens is 253 g/mol. The van der Waals surface area contributed by atoms with Crippen LogP contribution in [0.2, 0.25) is 12.6 Å². The van der Waals surface area contributed by atoms with E-state index in [1.165, 1.54) is 40.4 Å². The third kappa shape index (κ3) is 2.71. The van der Waals surface area contributed by atoms with Gasteiger partial charge in [-0.1, -0.05) is 68.3 Å². The highest BCUT2D eigenvalue weighted by molar-refractivity contribution is 6.73. The minimum Gasteiger partial charge on any atom is -0.265 e. The predicted molar refractivity (Wildman–Crippen MR) is 92.6 cm³/mol. The van der Waals surface area contributed by atoms with Gasteiger partial charge in [-0.3, -0.25) is 4.98 Å². The van der Waals surface area contributed by atoms with Gasteiger partial charge in [0, 0.05) is 12.4 Å². The molecule has 0 aliphatic heterocycles. The molecular formula is C19H20BN. The summed E-state index contributed by atoms with van der Waals surface area (Å²) in [6, 6.07) is 17.7. The molecule has 2 aliphatic carbocycles. The summed E-state index contributed by atoms with van der Waals surface area (Å²) in [5.74, 6) is 0. The van der Waals surface area contributed by atoms with Crippen LogP contribution in [0.5, 0.6) is 0 Å². The third-order valence-electron chi connectivity index (χ3n) is 4.38. The average molecular weight is 273 g/mol. The molecule has 104 valence electrons. The molecule has 1 nitrogen and oxygen atoms in total. The van der Waals surface area contributed by atoms with Gasteiger partial charge >= 0.3 is 0 Å². The number of aromatic nitrogens is 1. The minimum atomic E-state index is 0.658. The summed E-state index contributed by atoms with van der Waals surface area (Å²) in [4.78, 5) is 4.11. The number of nitrogens with zero attached hydrogens (tertiary/aromatic N) is 1. The maximum absolute atomic E-state index is 4.11. The molecule has 0 amide bonds. The first-order chi connectivity index (χ1) is 10.3. The van der Waals surface area contributed by atoms with Crippen LogP contribution in [0, 0.1) is 0 Å². The van der Waals surface area contributed by atoms with Gasteiger partial charge in [0.1, 0.15) is 0 Å². The van der Waals surface area contributed by atoms with E-state index in [4.69, 9.17) is 0 Å². The van der Waals surface area contributed by atoms with Gasteiger partial charge in [-0.05, 0) is 34.4 Å². The van der Waals surface area contributed by atoms with Gasteiger partial charge in [0.25, 0.3) is 0 Å². The molecule has 0 bridgehead atoms. The summed E-state index contributed by atoms with van der Waals surface area (Å²) in [7, 11) is 0. The molecule has 0 fully saturated rings. The number of hydrogen-bond acceptors (Lipinski definition) is 1. The average Bonchev–Trinajstić information content (AvgIpc) is 2.83. The van der Waals surface area contributed by atoms with Crippen molar-refractivity contribution in [1.29, 1.82) is 0 Å². The van der Waals surface area contributed by atoms with E-state index in [0.717, 1.165) is 0 Å². The zero-order valence-electron chi connectivity index (χ0n) is 12.7. The summed E-state index contributed by atoms with van der Waals surface area (Å²) in [5, 5.41) is 0. The SMILES string of the molecule is CCB(CC)c1ccc2ccc(-c3ccncc3)c-2cc1. The van der Waals surface area contributed by atoms with E-state index in [-0.39, 0.29) is 0 Å². The van der Waals surface area contributed by atoms with E-state index in [0.29, 0.717) is 6.71 Å². The molecule has 0 saturated heterocycles. The maximum Gasteiger partial charge on any atom is 0.175 e. The molecule has 3 rings (SSSR count). The van der Waals surface area contributed by atoms with Crippen LogP contribution in [0.4, 0.5) is 0 Å². The number of rotatable bonds is 4. The highest BCUT2D eigenvalue weighted by Crippen LogP contribution is 2.34. The van der Waals surface area contributed by atoms with Crippen molar-refractivity contribution < 1.29 is 0 Å². The van der Waals surface area contributed by atoms with Crippen molar-refractivity contribution in [1.82, 2.24) is 4.98 Å². The standard InChI is InChI=1S/C19H20BN/c1-3-20(4-2)17-7-5-15-6-9-18(19(15)10-8-17)16-11-13-21-14-12-16/h5-14H,3-4H2,1-2H3. The number of hydrogen-bond donors (Lipinski definition) is 0. The van der Waals surface area contributed by atoms with Crippen LogP contribution < -0.4 is 5.46 Å². The minimum absolute atomic E-state index is 0.658. The van der Waals surface area contributed by atoms with Gasteiger partial charge in [-0.25, -0.2) is 0 Å². The van der Waals surface area contributed by atoms with Crippen molar-refractivity contribution in [3.8, 4) is 22.3 Å². The molecule has 0 N–H and O–H groups in total. The fraction of sp³-hybridized carbons (Fsp3) is 0.211. The first-order valence-corrected chi connectivity index (χ1v) is 7.76. The van der Waals surface area contributed by atoms with Crippen LogP contribution in [-0.2, 0) is 0 Å². The van der Waals surface area contributed by atoms with Crippen LogP contribution in [0.1, 0.15) is 13.8 Å². The molecule has 2 aliphatic rings. The lowest BCUT2D eigenvalue weighted by Crippen LogP contribution is -2.26. The topological polar surface area (TPSA) is 12.9 Å². The lowest BCUT2D eigenvalue weighted by Gasteiger charge is -2.06. The maximum atomic E-state index is 4.11. The molecule has 0 saturated carbocycles. The van der Waals surface area contributed by atoms with Crippen molar-refractivity contribution in [2.24, 2.45) is 0 Å². The zero-order valence-corrected chi connectivity index (χ0v) is 12.7. The van der Waals surface area contributed by atoms with Gasteiger partial charge in [-0.2, -0.15) is 0 Å². The molecule has 0 unspecified atom stereocenters. The van der Waals surface area contributed by atoms with Gasteiger partial charge in [-0.15, -0.1) is 0 Å². The van der Waals surface area contributed by atoms with E-state index < -0.39 is 0 Å². The second kappa shape index (κ2) is 6.13. The van der Waals surface area contributed by atoms with Crippen molar-refractivity contribution in [2.45, 2.75) is 26.5 Å². The van der Waals surface area contributed by atoms with Crippen LogP contribution in [-0.4, -0.2) is 11.7 Å². The second-order valence-corrected chi connectivity index (χ2v) is 5.53. The molecule has 0 atom stereocenters. The summed E-state index contributed by atoms with van der Waals surface area (Å²) in [6.45, 7) is 5.19. The molecule has 2 heteroatoms. The zero-order chi connectivity index (χ0) is 14.7. The van der Waals surface area contributed by atoms with Crippen molar-refractivity contribution in [3.05, 3.63) is 60.9 Å². The molecule has 0 aromatic carbocycles. The predicted octanol–water partition coefficient (Wildman–Crippen LogP) is 4.60. The Balaban J connectivity index is 2.08. The fourth-order valence-corrected chi connectivity index (χ4v) is 3.08. The normalized spacial score (nSPS) is 10.8. The first kappa shape index (κ1) is 13.9. The number of pyridine rings is 1. The first-order valence-electron chi connectivity index (χ1n) is 7.76. The summed E-state index contributed by atoms with van der Waals surface area (Å²) in [6.07, 6.45) is 6.10. The highest BCUT2D eigenvalue weighted by atomic mass is 14.6. The van der Waals surface area contributed by atoms with E-state index in [2.05, 4.69) is 67.4 Å². The Kier molecular flexibility index (Phi) is 4.05. The lowest BCUT2D eigenvalue weighted by molar-refractivity contribution is 1.33. The Morgan fingerprint density at radius 3 is 1.90 bits per heavy atom. The van der Waals surface area contributed by atoms with E-state index in [9.17, 15) is 0 Å². The van der Waals surface area contributed by atoms with Crippen molar-refractivity contribution in [3.63, 3.8) is 0 Å². The molecule has 1 heterocycles. The molecule has 21 heavy (non-hydrogen) atoms. The van der Waals surface area contributed by atoms with E-state index >= 15 is 0 Å². The molecule has 1 aromatic heterocycles. The largest absolute Gasteiger partial charge is 0.265 e. The summed E-state index contributed by atoms with van der Waals surface area (Å²) < 4.78 is 0. The summed E-state index contributed by atoms with van der Waals surface area (Å²) in [5.41, 5.74) is 6.59. The van der Waals surface area contributed by atoms with Gasteiger partial charge in [0.05, 0.1) is 0 Å². The van der Waals surface area contributed by atoms with Crippen molar-refractivity contribution in [2.75, 3.05) is 0 Å². The Morgan fingerprint density at radius 2 is 1.24 bits per heavy atom. The van der Waals surface area contributed by atoms with Gasteiger partial charge in [0.2, 0.25) is 0 Å². The Morgan fingerprint density at radius 1 is 0.714 bits per heavy atom. The highest BCUT2D eigenvalue weighted by Gasteiger charge is 2.13. The van der Waals surface area contributed by atoms with Crippen LogP contribution in [0.25, 0.3) is 22.3 Å². The molecule has 0 spiro atoms. The number of fused-ring (bicyclic) bond motifs is 1. The van der Waals surface area contributed by atoms with Crippen LogP contribution in [0.3, 0.4) is 0 Å². The van der Waals surface area contributed by atoms with E-state index in [1.54, 1.807) is 0 Å². The molecule has 0 radical (unpaired) electrons. The van der Waals surface area contributed by atoms with Crippen LogP contribution in [0.15, 0.2) is 60.9 Å². The summed E-state index contributed by atoms with van der Waals surface area (Å²) >= 11 is 0. The Bertz CT molecular complexity index is 689. The fourth-order valence-electron chi connectivity index (χ4n) is 3.08. The quantitative estimate of drug-likeness (QED) is 0.633. The monoisotopic (exact) mass is 273 g/mol.